The molecule has 4 rings (SSSR count). The summed E-state index contributed by atoms with van der Waals surface area (Å²) in [5.41, 5.74) is 2.35. The molecule has 1 saturated heterocycles. The molecule has 0 bridgehead atoms. The van der Waals surface area contributed by atoms with Crippen molar-refractivity contribution in [2.24, 2.45) is 0 Å². The third kappa shape index (κ3) is 5.38. The van der Waals surface area contributed by atoms with E-state index in [2.05, 4.69) is 9.88 Å². The first kappa shape index (κ1) is 20.8. The second-order valence-electron chi connectivity index (χ2n) is 7.50. The van der Waals surface area contributed by atoms with Gasteiger partial charge in [0.25, 0.3) is 0 Å². The van der Waals surface area contributed by atoms with Crippen LogP contribution in [-0.4, -0.2) is 47.1 Å². The average molecular weight is 421 g/mol. The van der Waals surface area contributed by atoms with Crippen LogP contribution in [0, 0.1) is 5.82 Å². The summed E-state index contributed by atoms with van der Waals surface area (Å²) >= 11 is 0. The first-order chi connectivity index (χ1) is 15.1. The van der Waals surface area contributed by atoms with Crippen LogP contribution in [0.2, 0.25) is 0 Å². The molecule has 0 unspecified atom stereocenters. The summed E-state index contributed by atoms with van der Waals surface area (Å²) in [4.78, 5) is 20.1. The van der Waals surface area contributed by atoms with Crippen molar-refractivity contribution in [2.45, 2.75) is 13.2 Å². The monoisotopic (exact) mass is 421 g/mol. The van der Waals surface area contributed by atoms with Crippen LogP contribution in [0.15, 0.2) is 66.9 Å². The number of hydrogen-bond acceptors (Lipinski definition) is 5. The number of carbonyl (C=O) groups is 1. The third-order valence-corrected chi connectivity index (χ3v) is 5.34. The highest BCUT2D eigenvalue weighted by Gasteiger charge is 2.22. The number of aromatic nitrogens is 1. The van der Waals surface area contributed by atoms with Gasteiger partial charge in [-0.15, -0.1) is 0 Å². The van der Waals surface area contributed by atoms with Gasteiger partial charge < -0.3 is 14.7 Å². The number of benzene rings is 2. The molecule has 7 heteroatoms. The van der Waals surface area contributed by atoms with Crippen LogP contribution < -0.4 is 9.64 Å². The smallest absolute Gasteiger partial charge is 0.339 e. The molecule has 3 aromatic rings. The lowest BCUT2D eigenvalue weighted by molar-refractivity contribution is 0.0697. The Kier molecular flexibility index (Phi) is 6.43. The molecular formula is C24H24FN3O3. The van der Waals surface area contributed by atoms with Gasteiger partial charge in [0.1, 0.15) is 29.6 Å². The zero-order chi connectivity index (χ0) is 21.6. The van der Waals surface area contributed by atoms with Crippen LogP contribution in [0.25, 0.3) is 0 Å². The molecule has 0 radical (unpaired) electrons. The van der Waals surface area contributed by atoms with Crippen LogP contribution in [-0.2, 0) is 13.2 Å². The van der Waals surface area contributed by atoms with Crippen LogP contribution >= 0.6 is 0 Å². The van der Waals surface area contributed by atoms with Gasteiger partial charge in [0.2, 0.25) is 0 Å². The molecule has 1 fully saturated rings. The highest BCUT2D eigenvalue weighted by atomic mass is 19.1. The fourth-order valence-electron chi connectivity index (χ4n) is 3.63. The van der Waals surface area contributed by atoms with Gasteiger partial charge in [-0.2, -0.15) is 0 Å². The standard InChI is InChI=1S/C24H24FN3O3/c25-20-7-3-19(4-8-20)17-31-21-9-5-18(6-10-21)16-27-12-14-28(15-13-27)23-22(24(29)30)2-1-11-26-23/h1-11H,12-17H2,(H,29,30). The fourth-order valence-corrected chi connectivity index (χ4v) is 3.63. The van der Waals surface area contributed by atoms with Gasteiger partial charge in [-0.25, -0.2) is 14.2 Å². The number of anilines is 1. The maximum absolute atomic E-state index is 13.0. The Balaban J connectivity index is 1.28. The number of pyridine rings is 1. The van der Waals surface area contributed by atoms with E-state index in [-0.39, 0.29) is 11.4 Å². The Morgan fingerprint density at radius 3 is 2.32 bits per heavy atom. The van der Waals surface area contributed by atoms with Crippen LogP contribution in [0.4, 0.5) is 10.2 Å². The van der Waals surface area contributed by atoms with E-state index in [0.29, 0.717) is 12.4 Å². The molecule has 0 spiro atoms. The SMILES string of the molecule is O=C(O)c1cccnc1N1CCN(Cc2ccc(OCc3ccc(F)cc3)cc2)CC1. The van der Waals surface area contributed by atoms with Crippen molar-refractivity contribution < 1.29 is 19.0 Å². The van der Waals surface area contributed by atoms with Crippen LogP contribution in [0.1, 0.15) is 21.5 Å². The summed E-state index contributed by atoms with van der Waals surface area (Å²) in [7, 11) is 0. The first-order valence-electron chi connectivity index (χ1n) is 10.2. The number of carboxylic acid groups (broad SMARTS) is 1. The number of nitrogens with zero attached hydrogens (tertiary/aromatic N) is 3. The lowest BCUT2D eigenvalue weighted by Crippen LogP contribution is -2.46. The highest BCUT2D eigenvalue weighted by molar-refractivity contribution is 5.93. The molecule has 1 N–H and O–H groups in total. The van der Waals surface area contributed by atoms with Crippen molar-refractivity contribution in [1.29, 1.82) is 0 Å². The molecule has 31 heavy (non-hydrogen) atoms. The minimum Gasteiger partial charge on any atom is -0.489 e. The summed E-state index contributed by atoms with van der Waals surface area (Å²) in [6.07, 6.45) is 1.63. The minimum atomic E-state index is -0.952. The number of ether oxygens (including phenoxy) is 1. The van der Waals surface area contributed by atoms with E-state index in [1.807, 2.05) is 29.2 Å². The predicted molar refractivity (Wildman–Crippen MR) is 116 cm³/mol. The quantitative estimate of drug-likeness (QED) is 0.626. The van der Waals surface area contributed by atoms with Crippen LogP contribution in [0.5, 0.6) is 5.75 Å². The van der Waals surface area contributed by atoms with Gasteiger partial charge >= 0.3 is 5.97 Å². The van der Waals surface area contributed by atoms with Gasteiger partial charge in [0.15, 0.2) is 0 Å². The zero-order valence-electron chi connectivity index (χ0n) is 17.1. The molecule has 1 aromatic heterocycles. The average Bonchev–Trinajstić information content (AvgIpc) is 2.80. The number of piperazine rings is 1. The van der Waals surface area contributed by atoms with Crippen molar-refractivity contribution in [3.63, 3.8) is 0 Å². The molecule has 0 amide bonds. The first-order valence-corrected chi connectivity index (χ1v) is 10.2. The van der Waals surface area contributed by atoms with E-state index in [4.69, 9.17) is 4.74 Å². The van der Waals surface area contributed by atoms with E-state index < -0.39 is 5.97 Å². The largest absolute Gasteiger partial charge is 0.489 e. The third-order valence-electron chi connectivity index (χ3n) is 5.34. The number of carboxylic acids is 1. The maximum Gasteiger partial charge on any atom is 0.339 e. The summed E-state index contributed by atoms with van der Waals surface area (Å²) in [5, 5.41) is 9.38. The minimum absolute atomic E-state index is 0.243. The summed E-state index contributed by atoms with van der Waals surface area (Å²) in [5.74, 6) is 0.107. The summed E-state index contributed by atoms with van der Waals surface area (Å²) in [6.45, 7) is 4.34. The molecule has 1 aliphatic rings. The molecule has 1 aliphatic heterocycles. The Hall–Kier alpha value is -3.45. The Labute approximate surface area is 180 Å². The van der Waals surface area contributed by atoms with Crippen molar-refractivity contribution in [1.82, 2.24) is 9.88 Å². The lowest BCUT2D eigenvalue weighted by Gasteiger charge is -2.35. The van der Waals surface area contributed by atoms with Crippen LogP contribution in [0.3, 0.4) is 0 Å². The van der Waals surface area contributed by atoms with Gasteiger partial charge in [0.05, 0.1) is 0 Å². The van der Waals surface area contributed by atoms with Crippen molar-refractivity contribution in [2.75, 3.05) is 31.1 Å². The van der Waals surface area contributed by atoms with E-state index in [0.717, 1.165) is 44.0 Å². The number of halogens is 1. The topological polar surface area (TPSA) is 65.9 Å². The van der Waals surface area contributed by atoms with Gasteiger partial charge in [-0.3, -0.25) is 4.90 Å². The maximum atomic E-state index is 13.0. The Bertz CT molecular complexity index is 1020. The molecule has 0 atom stereocenters. The van der Waals surface area contributed by atoms with Gasteiger partial charge in [0, 0.05) is 38.9 Å². The normalized spacial score (nSPS) is 14.4. The van der Waals surface area contributed by atoms with E-state index in [9.17, 15) is 14.3 Å². The molecule has 0 aliphatic carbocycles. The van der Waals surface area contributed by atoms with Crippen molar-refractivity contribution in [3.8, 4) is 5.75 Å². The fraction of sp³-hybridized carbons (Fsp3) is 0.250. The number of hydrogen-bond donors (Lipinski definition) is 1. The lowest BCUT2D eigenvalue weighted by atomic mass is 10.1. The second kappa shape index (κ2) is 9.57. The number of aromatic carboxylic acids is 1. The Morgan fingerprint density at radius 1 is 0.968 bits per heavy atom. The molecule has 6 nitrogen and oxygen atoms in total. The molecular weight excluding hydrogens is 397 g/mol. The Morgan fingerprint density at radius 2 is 1.65 bits per heavy atom. The highest BCUT2D eigenvalue weighted by Crippen LogP contribution is 2.20. The molecule has 160 valence electrons. The molecule has 0 saturated carbocycles. The molecule has 2 aromatic carbocycles. The van der Waals surface area contributed by atoms with E-state index >= 15 is 0 Å². The second-order valence-corrected chi connectivity index (χ2v) is 7.50. The summed E-state index contributed by atoms with van der Waals surface area (Å²) in [6, 6.07) is 17.5. The van der Waals surface area contributed by atoms with Gasteiger partial charge in [-0.1, -0.05) is 24.3 Å². The van der Waals surface area contributed by atoms with Crippen molar-refractivity contribution in [3.05, 3.63) is 89.4 Å². The van der Waals surface area contributed by atoms with E-state index in [1.165, 1.54) is 17.7 Å². The zero-order valence-corrected chi connectivity index (χ0v) is 17.1. The van der Waals surface area contributed by atoms with Crippen molar-refractivity contribution >= 4 is 11.8 Å². The van der Waals surface area contributed by atoms with E-state index in [1.54, 1.807) is 30.5 Å². The number of rotatable bonds is 7. The molecule has 2 heterocycles. The predicted octanol–water partition coefficient (Wildman–Crippen LogP) is 3.82. The van der Waals surface area contributed by atoms with Gasteiger partial charge in [-0.05, 0) is 47.5 Å². The summed E-state index contributed by atoms with van der Waals surface area (Å²) < 4.78 is 18.7.